The van der Waals surface area contributed by atoms with Gasteiger partial charge in [-0.1, -0.05) is 25.1 Å². The van der Waals surface area contributed by atoms with Crippen LogP contribution in [-0.4, -0.2) is 112 Å². The summed E-state index contributed by atoms with van der Waals surface area (Å²) in [4.78, 5) is 35.0. The van der Waals surface area contributed by atoms with E-state index < -0.39 is 5.82 Å². The molecule has 268 valence electrons. The number of aromatic nitrogens is 3. The molecule has 5 fully saturated rings. The Morgan fingerprint density at radius 2 is 1.96 bits per heavy atom. The number of hydrogen-bond acceptors (Lipinski definition) is 9. The fourth-order valence-electron chi connectivity index (χ4n) is 8.36. The number of benzene rings is 1. The molecule has 4 saturated heterocycles. The number of halogens is 2. The van der Waals surface area contributed by atoms with Crippen LogP contribution in [0.3, 0.4) is 0 Å². The van der Waals surface area contributed by atoms with Crippen molar-refractivity contribution in [3.05, 3.63) is 47.4 Å². The number of phenols is 1. The second-order valence-electron chi connectivity index (χ2n) is 15.2. The second kappa shape index (κ2) is 13.9. The second-order valence-corrected chi connectivity index (χ2v) is 15.6. The molecule has 0 spiro atoms. The van der Waals surface area contributed by atoms with Gasteiger partial charge in [0.1, 0.15) is 29.4 Å². The first-order chi connectivity index (χ1) is 24.0. The topological polar surface area (TPSA) is 98.2 Å². The van der Waals surface area contributed by atoms with Crippen LogP contribution in [-0.2, 0) is 4.79 Å². The Bertz CT molecular complexity index is 1780. The van der Waals surface area contributed by atoms with Crippen LogP contribution in [0.4, 0.5) is 10.2 Å². The van der Waals surface area contributed by atoms with E-state index in [9.17, 15) is 9.90 Å². The molecule has 10 nitrogen and oxygen atoms in total. The lowest BCUT2D eigenvalue weighted by molar-refractivity contribution is -0.125. The maximum atomic E-state index is 16.7. The van der Waals surface area contributed by atoms with Crippen molar-refractivity contribution in [2.24, 2.45) is 5.92 Å². The largest absolute Gasteiger partial charge is 0.508 e. The van der Waals surface area contributed by atoms with Crippen LogP contribution in [0.25, 0.3) is 22.2 Å². The summed E-state index contributed by atoms with van der Waals surface area (Å²) in [5.41, 5.74) is 1.40. The van der Waals surface area contributed by atoms with E-state index in [2.05, 4.69) is 47.2 Å². The van der Waals surface area contributed by atoms with E-state index >= 15 is 4.39 Å². The molecule has 1 aliphatic carbocycles. The molecular formula is C38H49ClFN7O3. The zero-order chi connectivity index (χ0) is 35.3. The first-order valence-electron chi connectivity index (χ1n) is 18.1. The molecule has 2 aromatic heterocycles. The third-order valence-corrected chi connectivity index (χ3v) is 12.0. The van der Waals surface area contributed by atoms with E-state index in [4.69, 9.17) is 21.3 Å². The number of amides is 1. The molecule has 6 heterocycles. The summed E-state index contributed by atoms with van der Waals surface area (Å²) in [6.07, 6.45) is 10.2. The van der Waals surface area contributed by atoms with Crippen LogP contribution < -0.4 is 9.64 Å². The number of hydrogen-bond donors (Lipinski definition) is 1. The first-order valence-corrected chi connectivity index (χ1v) is 18.5. The zero-order valence-corrected chi connectivity index (χ0v) is 30.4. The maximum absolute atomic E-state index is 16.7. The number of fused-ring (bicyclic) bond motifs is 2. The first kappa shape index (κ1) is 34.9. The van der Waals surface area contributed by atoms with Crippen molar-refractivity contribution in [2.45, 2.75) is 82.3 Å². The van der Waals surface area contributed by atoms with Crippen molar-refractivity contribution in [2.75, 3.05) is 58.3 Å². The summed E-state index contributed by atoms with van der Waals surface area (Å²) in [6, 6.07) is 3.96. The molecule has 0 radical (unpaired) electrons. The Kier molecular flexibility index (Phi) is 9.69. The normalized spacial score (nSPS) is 26.4. The molecule has 4 atom stereocenters. The highest BCUT2D eigenvalue weighted by Gasteiger charge is 2.48. The molecule has 0 bridgehead atoms. The van der Waals surface area contributed by atoms with E-state index in [1.807, 2.05) is 11.9 Å². The number of carbonyl (C=O) groups excluding carboxylic acids is 1. The van der Waals surface area contributed by atoms with E-state index in [0.717, 1.165) is 63.2 Å². The Morgan fingerprint density at radius 3 is 2.64 bits per heavy atom. The lowest BCUT2D eigenvalue weighted by Gasteiger charge is -2.34. The van der Waals surface area contributed by atoms with Gasteiger partial charge in [-0.3, -0.25) is 14.7 Å². The van der Waals surface area contributed by atoms with Crippen molar-refractivity contribution in [1.29, 1.82) is 0 Å². The number of nitrogens with zero attached hydrogens (tertiary/aromatic N) is 7. The summed E-state index contributed by atoms with van der Waals surface area (Å²) < 4.78 is 23.1. The predicted molar refractivity (Wildman–Crippen MR) is 194 cm³/mol. The van der Waals surface area contributed by atoms with Gasteiger partial charge in [-0.25, -0.2) is 4.39 Å². The molecule has 8 rings (SSSR count). The number of aromatic hydroxyl groups is 1. The molecule has 1 N–H and O–H groups in total. The van der Waals surface area contributed by atoms with Crippen LogP contribution >= 0.6 is 11.6 Å². The van der Waals surface area contributed by atoms with Gasteiger partial charge < -0.3 is 24.5 Å². The number of anilines is 1. The molecule has 4 unspecified atom stereocenters. The third-order valence-electron chi connectivity index (χ3n) is 11.7. The van der Waals surface area contributed by atoms with Crippen molar-refractivity contribution in [3.8, 4) is 23.0 Å². The third kappa shape index (κ3) is 6.64. The number of phenolic OH excluding ortho intramolecular Hbond substituents is 1. The van der Waals surface area contributed by atoms with E-state index in [-0.39, 0.29) is 46.4 Å². The van der Waals surface area contributed by atoms with Gasteiger partial charge in [0.25, 0.3) is 0 Å². The number of carbonyl (C=O) groups is 1. The van der Waals surface area contributed by atoms with Crippen LogP contribution in [0.2, 0.25) is 5.02 Å². The molecular weight excluding hydrogens is 657 g/mol. The Hall–Kier alpha value is -3.54. The highest BCUT2D eigenvalue weighted by molar-refractivity contribution is 6.32. The Labute approximate surface area is 299 Å². The fraction of sp³-hybridized carbons (Fsp3) is 0.579. The highest BCUT2D eigenvalue weighted by Crippen LogP contribution is 2.49. The average molecular weight is 706 g/mol. The monoisotopic (exact) mass is 705 g/mol. The summed E-state index contributed by atoms with van der Waals surface area (Å²) in [5.74, 6) is 0.511. The number of pyridine rings is 1. The molecule has 5 aliphatic rings. The zero-order valence-electron chi connectivity index (χ0n) is 29.7. The predicted octanol–water partition coefficient (Wildman–Crippen LogP) is 6.25. The van der Waals surface area contributed by atoms with Gasteiger partial charge in [0.05, 0.1) is 10.9 Å². The van der Waals surface area contributed by atoms with Gasteiger partial charge in [0.15, 0.2) is 5.82 Å². The Balaban J connectivity index is 0.000000593. The molecule has 4 aliphatic heterocycles. The molecule has 50 heavy (non-hydrogen) atoms. The van der Waals surface area contributed by atoms with Crippen LogP contribution in [0.5, 0.6) is 11.8 Å². The lowest BCUT2D eigenvalue weighted by Crippen LogP contribution is -2.43. The summed E-state index contributed by atoms with van der Waals surface area (Å²) in [6.45, 7) is 13.1. The van der Waals surface area contributed by atoms with Gasteiger partial charge in [0.2, 0.25) is 5.91 Å². The number of ether oxygens (including phenoxy) is 1. The molecule has 12 heteroatoms. The van der Waals surface area contributed by atoms with Gasteiger partial charge in [-0.05, 0) is 108 Å². The highest BCUT2D eigenvalue weighted by atomic mass is 35.5. The average Bonchev–Trinajstić information content (AvgIpc) is 3.53. The molecule has 1 saturated carbocycles. The number of likely N-dealkylation sites (N-methyl/N-ethyl adjacent to an activating group) is 1. The minimum Gasteiger partial charge on any atom is -0.508 e. The van der Waals surface area contributed by atoms with Crippen molar-refractivity contribution in [3.63, 3.8) is 0 Å². The van der Waals surface area contributed by atoms with Crippen LogP contribution in [0.15, 0.2) is 31.0 Å². The minimum atomic E-state index is -0.613. The quantitative estimate of drug-likeness (QED) is 0.273. The van der Waals surface area contributed by atoms with Crippen LogP contribution in [0.1, 0.15) is 70.3 Å². The molecule has 1 aromatic carbocycles. The van der Waals surface area contributed by atoms with E-state index in [1.165, 1.54) is 31.2 Å². The van der Waals surface area contributed by atoms with Crippen LogP contribution in [0, 0.1) is 11.7 Å². The van der Waals surface area contributed by atoms with E-state index in [1.54, 1.807) is 11.1 Å². The van der Waals surface area contributed by atoms with Crippen molar-refractivity contribution in [1.82, 2.24) is 29.7 Å². The molecule has 1 amide bonds. The van der Waals surface area contributed by atoms with Gasteiger partial charge in [-0.15, -0.1) is 0 Å². The van der Waals surface area contributed by atoms with Crippen molar-refractivity contribution < 1.29 is 19.0 Å². The smallest absolute Gasteiger partial charge is 0.319 e. The molecule has 3 aromatic rings. The maximum Gasteiger partial charge on any atom is 0.319 e. The fourth-order valence-corrected chi connectivity index (χ4v) is 8.72. The summed E-state index contributed by atoms with van der Waals surface area (Å²) in [7, 11) is 4.06. The van der Waals surface area contributed by atoms with Gasteiger partial charge in [0, 0.05) is 55.5 Å². The van der Waals surface area contributed by atoms with E-state index in [0.29, 0.717) is 47.4 Å². The lowest BCUT2D eigenvalue weighted by atomic mass is 9.92. The number of rotatable bonds is 8. The van der Waals surface area contributed by atoms with Gasteiger partial charge >= 0.3 is 6.01 Å². The SMILES string of the molecule is C=CC(=O)N1CCC(N(C)c2nc(OCC34CCCN3CC(C)C4)nc3c(F)c(-c4cc(O)cc(Cl)c4C4CC4)ncc23)C1.CC1CCN1C. The minimum absolute atomic E-state index is 0.0430. The number of likely N-dealkylation sites (tertiary alicyclic amines) is 2. The Morgan fingerprint density at radius 1 is 1.18 bits per heavy atom. The summed E-state index contributed by atoms with van der Waals surface area (Å²) >= 11 is 6.56. The summed E-state index contributed by atoms with van der Waals surface area (Å²) in [5, 5.41) is 11.2. The standard InChI is InChI=1S/C33H38ClFN6O3.C5H11N/c1-4-26(43)40-11-8-21(17-40)39(3)31-24-15-36-29(23-12-22(42)13-25(34)27(23)20-6-7-20)28(35)30(24)37-32(38-31)44-18-33-9-5-10-41(33)16-19(2)14-33;1-5-3-4-6(5)2/h4,12-13,15,19-21,42H,1,5-11,14,16-18H2,2-3H3;5H,3-4H2,1-2H3. The van der Waals surface area contributed by atoms with Gasteiger partial charge in [-0.2, -0.15) is 9.97 Å². The van der Waals surface area contributed by atoms with Crippen molar-refractivity contribution >= 4 is 34.2 Å².